The van der Waals surface area contributed by atoms with Gasteiger partial charge in [-0.3, -0.25) is 14.6 Å². The molecular formula is C15H29N3OS. The van der Waals surface area contributed by atoms with Crippen molar-refractivity contribution in [3.8, 4) is 0 Å². The SMILES string of the molecule is CSCCN1CCN(C(=O)CN2CCCCCC2)CC1. The van der Waals surface area contributed by atoms with Crippen LogP contribution in [0.25, 0.3) is 0 Å². The lowest BCUT2D eigenvalue weighted by atomic mass is 10.2. The zero-order chi connectivity index (χ0) is 14.2. The number of hydrogen-bond acceptors (Lipinski definition) is 4. The monoisotopic (exact) mass is 299 g/mol. The largest absolute Gasteiger partial charge is 0.339 e. The first-order valence-corrected chi connectivity index (χ1v) is 9.40. The van der Waals surface area contributed by atoms with E-state index in [1.54, 1.807) is 0 Å². The summed E-state index contributed by atoms with van der Waals surface area (Å²) < 4.78 is 0. The average molecular weight is 299 g/mol. The minimum Gasteiger partial charge on any atom is -0.339 e. The molecule has 20 heavy (non-hydrogen) atoms. The van der Waals surface area contributed by atoms with Crippen LogP contribution in [0.3, 0.4) is 0 Å². The molecule has 0 aromatic rings. The number of hydrogen-bond donors (Lipinski definition) is 0. The van der Waals surface area contributed by atoms with Crippen LogP contribution in [0.5, 0.6) is 0 Å². The van der Waals surface area contributed by atoms with Crippen LogP contribution in [-0.2, 0) is 4.79 Å². The van der Waals surface area contributed by atoms with Crippen molar-refractivity contribution < 1.29 is 4.79 Å². The van der Waals surface area contributed by atoms with Crippen molar-refractivity contribution in [1.82, 2.24) is 14.7 Å². The van der Waals surface area contributed by atoms with Gasteiger partial charge in [-0.15, -0.1) is 0 Å². The summed E-state index contributed by atoms with van der Waals surface area (Å²) in [6.07, 6.45) is 7.34. The maximum atomic E-state index is 12.4. The topological polar surface area (TPSA) is 26.8 Å². The van der Waals surface area contributed by atoms with Crippen molar-refractivity contribution in [1.29, 1.82) is 0 Å². The number of piperazine rings is 1. The molecule has 0 radical (unpaired) electrons. The summed E-state index contributed by atoms with van der Waals surface area (Å²) in [4.78, 5) is 19.3. The number of nitrogens with zero attached hydrogens (tertiary/aromatic N) is 3. The number of likely N-dealkylation sites (tertiary alicyclic amines) is 1. The quantitative estimate of drug-likeness (QED) is 0.766. The summed E-state index contributed by atoms with van der Waals surface area (Å²) >= 11 is 1.90. The van der Waals surface area contributed by atoms with Crippen LogP contribution in [0.2, 0.25) is 0 Å². The van der Waals surface area contributed by atoms with Crippen molar-refractivity contribution in [3.63, 3.8) is 0 Å². The molecule has 0 saturated carbocycles. The highest BCUT2D eigenvalue weighted by atomic mass is 32.2. The highest BCUT2D eigenvalue weighted by Crippen LogP contribution is 2.10. The average Bonchev–Trinajstić information content (AvgIpc) is 2.74. The van der Waals surface area contributed by atoms with Crippen molar-refractivity contribution in [2.24, 2.45) is 0 Å². The Morgan fingerprint density at radius 2 is 1.55 bits per heavy atom. The van der Waals surface area contributed by atoms with Gasteiger partial charge in [-0.05, 0) is 32.2 Å². The third-order valence-corrected chi connectivity index (χ3v) is 4.99. The molecule has 0 unspecified atom stereocenters. The molecule has 0 aliphatic carbocycles. The molecule has 116 valence electrons. The Hall–Kier alpha value is -0.260. The van der Waals surface area contributed by atoms with Crippen LogP contribution in [0.1, 0.15) is 25.7 Å². The zero-order valence-electron chi connectivity index (χ0n) is 12.9. The maximum absolute atomic E-state index is 12.4. The molecule has 0 spiro atoms. The molecule has 2 fully saturated rings. The number of rotatable bonds is 5. The van der Waals surface area contributed by atoms with Crippen LogP contribution >= 0.6 is 11.8 Å². The Kier molecular flexibility index (Phi) is 7.17. The zero-order valence-corrected chi connectivity index (χ0v) is 13.7. The van der Waals surface area contributed by atoms with E-state index in [1.165, 1.54) is 31.4 Å². The normalized spacial score (nSPS) is 22.8. The number of thioether (sulfide) groups is 1. The smallest absolute Gasteiger partial charge is 0.236 e. The van der Waals surface area contributed by atoms with Crippen LogP contribution in [-0.4, -0.2) is 85.0 Å². The van der Waals surface area contributed by atoms with Crippen LogP contribution in [0, 0.1) is 0 Å². The lowest BCUT2D eigenvalue weighted by Crippen LogP contribution is -2.51. The Bertz CT molecular complexity index is 285. The molecule has 0 N–H and O–H groups in total. The Balaban J connectivity index is 1.68. The van der Waals surface area contributed by atoms with Gasteiger partial charge in [0.25, 0.3) is 0 Å². The molecular weight excluding hydrogens is 270 g/mol. The van der Waals surface area contributed by atoms with Crippen LogP contribution in [0.4, 0.5) is 0 Å². The van der Waals surface area contributed by atoms with Crippen molar-refractivity contribution in [2.45, 2.75) is 25.7 Å². The molecule has 2 heterocycles. The first kappa shape index (κ1) is 16.1. The summed E-state index contributed by atoms with van der Waals surface area (Å²) in [5.41, 5.74) is 0. The fourth-order valence-corrected chi connectivity index (χ4v) is 3.47. The fraction of sp³-hybridized carbons (Fsp3) is 0.933. The summed E-state index contributed by atoms with van der Waals surface area (Å²) in [5.74, 6) is 1.54. The van der Waals surface area contributed by atoms with E-state index in [9.17, 15) is 4.79 Å². The Morgan fingerprint density at radius 1 is 0.900 bits per heavy atom. The van der Waals surface area contributed by atoms with E-state index >= 15 is 0 Å². The first-order valence-electron chi connectivity index (χ1n) is 8.01. The summed E-state index contributed by atoms with van der Waals surface area (Å²) in [6, 6.07) is 0. The van der Waals surface area contributed by atoms with E-state index in [4.69, 9.17) is 0 Å². The third-order valence-electron chi connectivity index (χ3n) is 4.39. The highest BCUT2D eigenvalue weighted by molar-refractivity contribution is 7.98. The van der Waals surface area contributed by atoms with E-state index in [1.807, 2.05) is 11.8 Å². The van der Waals surface area contributed by atoms with Gasteiger partial charge in [0, 0.05) is 38.5 Å². The van der Waals surface area contributed by atoms with E-state index in [2.05, 4.69) is 21.0 Å². The van der Waals surface area contributed by atoms with Gasteiger partial charge in [-0.2, -0.15) is 11.8 Å². The number of carbonyl (C=O) groups is 1. The Morgan fingerprint density at radius 3 is 2.15 bits per heavy atom. The Labute approximate surface area is 127 Å². The molecule has 1 amide bonds. The van der Waals surface area contributed by atoms with Crippen LogP contribution < -0.4 is 0 Å². The lowest BCUT2D eigenvalue weighted by Gasteiger charge is -2.35. The molecule has 0 bridgehead atoms. The minimum atomic E-state index is 0.344. The second-order valence-electron chi connectivity index (χ2n) is 5.91. The predicted octanol–water partition coefficient (Wildman–Crippen LogP) is 1.37. The molecule has 2 rings (SSSR count). The molecule has 2 saturated heterocycles. The van der Waals surface area contributed by atoms with Crippen LogP contribution in [0.15, 0.2) is 0 Å². The van der Waals surface area contributed by atoms with Gasteiger partial charge in [0.2, 0.25) is 5.91 Å². The number of amides is 1. The first-order chi connectivity index (χ1) is 9.79. The maximum Gasteiger partial charge on any atom is 0.236 e. The fourth-order valence-electron chi connectivity index (χ4n) is 3.03. The summed E-state index contributed by atoms with van der Waals surface area (Å²) in [5, 5.41) is 0. The van der Waals surface area contributed by atoms with Crippen molar-refractivity contribution in [3.05, 3.63) is 0 Å². The number of carbonyl (C=O) groups excluding carboxylic acids is 1. The van der Waals surface area contributed by atoms with Gasteiger partial charge in [-0.1, -0.05) is 12.8 Å². The lowest BCUT2D eigenvalue weighted by molar-refractivity contribution is -0.134. The standard InChI is InChI=1S/C15H29N3OS/c1-20-13-12-16-8-10-18(11-9-16)15(19)14-17-6-4-2-3-5-7-17/h2-14H2,1H3. The van der Waals surface area contributed by atoms with E-state index in [0.717, 1.165) is 45.8 Å². The second-order valence-corrected chi connectivity index (χ2v) is 6.89. The predicted molar refractivity (Wildman–Crippen MR) is 86.3 cm³/mol. The second kappa shape index (κ2) is 8.90. The van der Waals surface area contributed by atoms with Crippen molar-refractivity contribution >= 4 is 17.7 Å². The molecule has 2 aliphatic heterocycles. The van der Waals surface area contributed by atoms with Gasteiger partial charge >= 0.3 is 0 Å². The van der Waals surface area contributed by atoms with E-state index in [-0.39, 0.29) is 0 Å². The molecule has 0 aromatic carbocycles. The molecule has 2 aliphatic rings. The van der Waals surface area contributed by atoms with Gasteiger partial charge in [0.15, 0.2) is 0 Å². The van der Waals surface area contributed by atoms with Crippen molar-refractivity contribution in [2.75, 3.05) is 64.4 Å². The van der Waals surface area contributed by atoms with Gasteiger partial charge in [0.05, 0.1) is 6.54 Å². The molecule has 5 heteroatoms. The molecule has 4 nitrogen and oxygen atoms in total. The van der Waals surface area contributed by atoms with Gasteiger partial charge in [-0.25, -0.2) is 0 Å². The van der Waals surface area contributed by atoms with Gasteiger partial charge in [0.1, 0.15) is 0 Å². The highest BCUT2D eigenvalue weighted by Gasteiger charge is 2.22. The third kappa shape index (κ3) is 5.26. The molecule has 0 aromatic heterocycles. The minimum absolute atomic E-state index is 0.344. The molecule has 0 atom stereocenters. The summed E-state index contributed by atoms with van der Waals surface area (Å²) in [7, 11) is 0. The van der Waals surface area contributed by atoms with Gasteiger partial charge < -0.3 is 4.90 Å². The van der Waals surface area contributed by atoms with E-state index < -0.39 is 0 Å². The summed E-state index contributed by atoms with van der Waals surface area (Å²) in [6.45, 7) is 7.96. The van der Waals surface area contributed by atoms with E-state index in [0.29, 0.717) is 12.5 Å².